The molecule has 5 rings (SSSR count). The van der Waals surface area contributed by atoms with Gasteiger partial charge in [-0.05, 0) is 6.92 Å². The van der Waals surface area contributed by atoms with Crippen LogP contribution in [0.4, 0.5) is 5.13 Å². The van der Waals surface area contributed by atoms with Crippen molar-refractivity contribution in [3.63, 3.8) is 0 Å². The number of fused-ring (bicyclic) bond motifs is 2. The molecule has 0 bridgehead atoms. The van der Waals surface area contributed by atoms with Gasteiger partial charge in [-0.3, -0.25) is 14.5 Å². The summed E-state index contributed by atoms with van der Waals surface area (Å²) in [5.41, 5.74) is 7.10. The molecular formula is C21H20N7O5S3+. The summed E-state index contributed by atoms with van der Waals surface area (Å²) >= 11 is 4.10. The summed E-state index contributed by atoms with van der Waals surface area (Å²) in [5, 5.41) is 18.5. The van der Waals surface area contributed by atoms with E-state index in [9.17, 15) is 19.5 Å². The fourth-order valence-electron chi connectivity index (χ4n) is 4.06. The molecule has 4 N–H and O–H groups in total. The van der Waals surface area contributed by atoms with Crippen LogP contribution in [0.1, 0.15) is 10.7 Å². The van der Waals surface area contributed by atoms with Crippen LogP contribution in [-0.2, 0) is 25.8 Å². The number of thioether (sulfide) groups is 1. The summed E-state index contributed by atoms with van der Waals surface area (Å²) < 4.78 is 2.90. The Hall–Kier alpha value is -3.56. The van der Waals surface area contributed by atoms with Gasteiger partial charge in [0.2, 0.25) is 0 Å². The zero-order valence-corrected chi connectivity index (χ0v) is 21.4. The highest BCUT2D eigenvalue weighted by Crippen LogP contribution is 2.40. The number of aryl methyl sites for hydroxylation is 1. The summed E-state index contributed by atoms with van der Waals surface area (Å²) in [6.07, 6.45) is 3.73. The van der Waals surface area contributed by atoms with Crippen molar-refractivity contribution in [1.29, 1.82) is 0 Å². The number of amides is 2. The Balaban J connectivity index is 1.36. The van der Waals surface area contributed by atoms with Crippen LogP contribution in [0.25, 0.3) is 10.2 Å². The largest absolute Gasteiger partial charge is 0.477 e. The van der Waals surface area contributed by atoms with E-state index in [0.29, 0.717) is 17.9 Å². The van der Waals surface area contributed by atoms with Crippen molar-refractivity contribution < 1.29 is 28.9 Å². The molecule has 5 heterocycles. The van der Waals surface area contributed by atoms with E-state index in [1.807, 2.05) is 30.0 Å². The van der Waals surface area contributed by atoms with Crippen molar-refractivity contribution in [1.82, 2.24) is 20.2 Å². The first-order chi connectivity index (χ1) is 17.3. The van der Waals surface area contributed by atoms with E-state index in [0.717, 1.165) is 26.6 Å². The van der Waals surface area contributed by atoms with Gasteiger partial charge in [0.15, 0.2) is 29.8 Å². The normalized spacial score (nSPS) is 19.8. The van der Waals surface area contributed by atoms with E-state index < -0.39 is 29.2 Å². The summed E-state index contributed by atoms with van der Waals surface area (Å²) in [6, 6.07) is 1.02. The smallest absolute Gasteiger partial charge is 0.352 e. The number of aromatic nitrogens is 3. The number of carboxylic acids is 1. The van der Waals surface area contributed by atoms with E-state index in [4.69, 9.17) is 10.6 Å². The molecule has 0 aromatic carbocycles. The fraction of sp³-hybridized carbons (Fsp3) is 0.286. The molecule has 3 aromatic heterocycles. The maximum Gasteiger partial charge on any atom is 0.352 e. The van der Waals surface area contributed by atoms with Gasteiger partial charge in [-0.15, -0.1) is 34.4 Å². The number of thiazole rings is 2. The van der Waals surface area contributed by atoms with Crippen molar-refractivity contribution in [3.05, 3.63) is 45.8 Å². The topological polar surface area (TPSA) is 164 Å². The summed E-state index contributed by atoms with van der Waals surface area (Å²) in [7, 11) is 1.28. The van der Waals surface area contributed by atoms with Crippen molar-refractivity contribution >= 4 is 73.3 Å². The SMILES string of the molecule is CON=C(C(=O)NC1C(=O)N2C(C(=O)O)=C(C[n+]3ccc4sc(C)nc4c3)CS[C@@H]12)c1csc(N)n1. The molecule has 2 amide bonds. The van der Waals surface area contributed by atoms with Gasteiger partial charge in [0.05, 0.1) is 9.71 Å². The van der Waals surface area contributed by atoms with Gasteiger partial charge in [-0.2, -0.15) is 4.57 Å². The molecule has 15 heteroatoms. The second-order valence-corrected chi connectivity index (χ2v) is 11.1. The third-order valence-electron chi connectivity index (χ3n) is 5.57. The maximum atomic E-state index is 13.0. The molecule has 0 saturated carbocycles. The van der Waals surface area contributed by atoms with Crippen LogP contribution in [0.5, 0.6) is 0 Å². The number of carbonyl (C=O) groups is 3. The van der Waals surface area contributed by atoms with Gasteiger partial charge in [0.25, 0.3) is 11.8 Å². The molecule has 12 nitrogen and oxygen atoms in total. The number of pyridine rings is 1. The Labute approximate surface area is 216 Å². The van der Waals surface area contributed by atoms with E-state index in [1.54, 1.807) is 16.7 Å². The number of oxime groups is 1. The minimum absolute atomic E-state index is 0.0608. The van der Waals surface area contributed by atoms with Crippen LogP contribution in [0, 0.1) is 6.92 Å². The zero-order valence-electron chi connectivity index (χ0n) is 19.0. The minimum atomic E-state index is -1.20. The minimum Gasteiger partial charge on any atom is -0.477 e. The molecule has 1 fully saturated rings. The molecule has 1 unspecified atom stereocenters. The van der Waals surface area contributed by atoms with E-state index in [2.05, 4.69) is 20.4 Å². The van der Waals surface area contributed by atoms with Gasteiger partial charge in [-0.1, -0.05) is 5.16 Å². The lowest BCUT2D eigenvalue weighted by Crippen LogP contribution is -2.71. The first kappa shape index (κ1) is 24.1. The lowest BCUT2D eigenvalue weighted by molar-refractivity contribution is -0.687. The van der Waals surface area contributed by atoms with E-state index in [1.165, 1.54) is 23.8 Å². The van der Waals surface area contributed by atoms with Crippen molar-refractivity contribution in [3.8, 4) is 0 Å². The zero-order chi connectivity index (χ0) is 25.6. The van der Waals surface area contributed by atoms with Gasteiger partial charge in [0.1, 0.15) is 35.4 Å². The van der Waals surface area contributed by atoms with Crippen LogP contribution in [-0.4, -0.2) is 67.7 Å². The molecule has 3 aromatic rings. The number of hydrogen-bond acceptors (Lipinski definition) is 11. The summed E-state index contributed by atoms with van der Waals surface area (Å²) in [4.78, 5) is 52.6. The quantitative estimate of drug-likeness (QED) is 0.168. The Bertz CT molecular complexity index is 1460. The third kappa shape index (κ3) is 4.29. The van der Waals surface area contributed by atoms with Crippen LogP contribution >= 0.6 is 34.4 Å². The fourth-order valence-corrected chi connectivity index (χ4v) is 6.74. The molecule has 186 valence electrons. The van der Waals surface area contributed by atoms with Gasteiger partial charge in [0, 0.05) is 22.8 Å². The number of carboxylic acid groups (broad SMARTS) is 1. The second kappa shape index (κ2) is 9.48. The molecule has 1 saturated heterocycles. The number of carbonyl (C=O) groups excluding carboxylic acids is 2. The molecule has 0 aliphatic carbocycles. The monoisotopic (exact) mass is 546 g/mol. The van der Waals surface area contributed by atoms with Crippen molar-refractivity contribution in [2.45, 2.75) is 24.9 Å². The Morgan fingerprint density at radius 3 is 2.92 bits per heavy atom. The highest BCUT2D eigenvalue weighted by molar-refractivity contribution is 8.00. The third-order valence-corrected chi connectivity index (χ3v) is 8.53. The second-order valence-electron chi connectivity index (χ2n) is 7.91. The molecule has 0 spiro atoms. The highest BCUT2D eigenvalue weighted by atomic mass is 32.2. The first-order valence-corrected chi connectivity index (χ1v) is 13.3. The highest BCUT2D eigenvalue weighted by Gasteiger charge is 2.54. The predicted octanol–water partition coefficient (Wildman–Crippen LogP) is 0.720. The number of aliphatic carboxylic acids is 1. The predicted molar refractivity (Wildman–Crippen MR) is 134 cm³/mol. The van der Waals surface area contributed by atoms with Crippen molar-refractivity contribution in [2.24, 2.45) is 5.16 Å². The number of nitrogen functional groups attached to an aromatic ring is 1. The number of anilines is 1. The van der Waals surface area contributed by atoms with Crippen LogP contribution in [0.15, 0.2) is 40.3 Å². The summed E-state index contributed by atoms with van der Waals surface area (Å²) in [6.45, 7) is 2.23. The number of nitrogens with two attached hydrogens (primary N) is 1. The van der Waals surface area contributed by atoms with E-state index >= 15 is 0 Å². The lowest BCUT2D eigenvalue weighted by atomic mass is 10.0. The van der Waals surface area contributed by atoms with Gasteiger partial charge >= 0.3 is 5.97 Å². The Morgan fingerprint density at radius 2 is 2.22 bits per heavy atom. The van der Waals surface area contributed by atoms with Gasteiger partial charge in [-0.25, -0.2) is 14.8 Å². The van der Waals surface area contributed by atoms with Crippen LogP contribution < -0.4 is 15.6 Å². The molecular weight excluding hydrogens is 526 g/mol. The average molecular weight is 547 g/mol. The standard InChI is InChI=1S/C21H19N7O5S3/c1-9-23-11-6-27(4-3-13(11)36-9)5-10-7-34-19-15(18(30)28(19)16(10)20(31)32)25-17(29)14(26-33-2)12-8-35-21(22)24-12/h3-4,6,8,15,19H,5,7H2,1-2H3,(H3-,22,24,25,29,31,32)/p+1/t15?,19-/m0/s1. The number of rotatable bonds is 7. The average Bonchev–Trinajstić information content (AvgIpc) is 3.44. The first-order valence-electron chi connectivity index (χ1n) is 10.6. The van der Waals surface area contributed by atoms with Gasteiger partial charge < -0.3 is 21.0 Å². The summed E-state index contributed by atoms with van der Waals surface area (Å²) in [5.74, 6) is -2.00. The maximum absolute atomic E-state index is 13.0. The molecule has 36 heavy (non-hydrogen) atoms. The Kier molecular flexibility index (Phi) is 6.36. The molecule has 0 radical (unpaired) electrons. The Morgan fingerprint density at radius 1 is 1.42 bits per heavy atom. The van der Waals surface area contributed by atoms with Crippen molar-refractivity contribution in [2.75, 3.05) is 18.6 Å². The molecule has 2 atom stereocenters. The number of nitrogens with zero attached hydrogens (tertiary/aromatic N) is 5. The number of hydrogen-bond donors (Lipinski definition) is 3. The van der Waals surface area contributed by atoms with E-state index in [-0.39, 0.29) is 22.2 Å². The number of β-lactam (4-membered cyclic amide) rings is 1. The molecule has 2 aliphatic rings. The van der Waals surface area contributed by atoms with Crippen LogP contribution in [0.2, 0.25) is 0 Å². The van der Waals surface area contributed by atoms with Crippen LogP contribution in [0.3, 0.4) is 0 Å². The number of nitrogens with one attached hydrogen (secondary N) is 1. The lowest BCUT2D eigenvalue weighted by Gasteiger charge is -2.49. The molecule has 2 aliphatic heterocycles.